The predicted molar refractivity (Wildman–Crippen MR) is 84.4 cm³/mol. The molecule has 2 rings (SSSR count). The van der Waals surface area contributed by atoms with Crippen molar-refractivity contribution in [3.63, 3.8) is 0 Å². The molecule has 0 saturated heterocycles. The Morgan fingerprint density at radius 3 is 2.36 bits per heavy atom. The van der Waals surface area contributed by atoms with Gasteiger partial charge in [0.1, 0.15) is 15.5 Å². The Hall–Kier alpha value is -1.46. The number of hydrogen-bond donors (Lipinski definition) is 1. The highest BCUT2D eigenvalue weighted by atomic mass is 35.5. The van der Waals surface area contributed by atoms with E-state index in [-0.39, 0.29) is 6.61 Å². The van der Waals surface area contributed by atoms with Crippen LogP contribution in [0.25, 0.3) is 0 Å². The summed E-state index contributed by atoms with van der Waals surface area (Å²) in [7, 11) is 0. The van der Waals surface area contributed by atoms with Crippen LogP contribution in [-0.4, -0.2) is 29.4 Å². The molecule has 1 saturated carbocycles. The van der Waals surface area contributed by atoms with Crippen LogP contribution in [0.3, 0.4) is 0 Å². The van der Waals surface area contributed by atoms with Gasteiger partial charge in [0.25, 0.3) is 5.91 Å². The van der Waals surface area contributed by atoms with E-state index in [0.29, 0.717) is 24.5 Å². The lowest BCUT2D eigenvalue weighted by molar-refractivity contribution is -0.152. The normalized spacial score (nSPS) is 21.8. The lowest BCUT2D eigenvalue weighted by atomic mass is 10.1. The zero-order valence-electron chi connectivity index (χ0n) is 12.3. The van der Waals surface area contributed by atoms with Gasteiger partial charge >= 0.3 is 5.97 Å². The second-order valence-corrected chi connectivity index (χ2v) is 6.78. The van der Waals surface area contributed by atoms with Crippen molar-refractivity contribution in [2.75, 3.05) is 18.5 Å². The van der Waals surface area contributed by atoms with Gasteiger partial charge in [0.2, 0.25) is 0 Å². The highest BCUT2D eigenvalue weighted by molar-refractivity contribution is 6.53. The first-order valence-corrected chi connectivity index (χ1v) is 7.62. The van der Waals surface area contributed by atoms with E-state index in [9.17, 15) is 9.59 Å². The van der Waals surface area contributed by atoms with Crippen LogP contribution >= 0.6 is 23.2 Å². The van der Waals surface area contributed by atoms with Crippen LogP contribution in [0, 0.1) is 5.41 Å². The number of halogens is 2. The first kappa shape index (κ1) is 16.9. The largest absolute Gasteiger partial charge is 0.494 e. The van der Waals surface area contributed by atoms with Crippen molar-refractivity contribution >= 4 is 40.8 Å². The molecule has 120 valence electrons. The number of benzene rings is 1. The number of rotatable bonds is 6. The third-order valence-corrected chi connectivity index (χ3v) is 4.59. The van der Waals surface area contributed by atoms with Crippen LogP contribution in [0.4, 0.5) is 5.69 Å². The van der Waals surface area contributed by atoms with Gasteiger partial charge in [-0.1, -0.05) is 0 Å². The predicted octanol–water partition coefficient (Wildman–Crippen LogP) is 3.15. The molecule has 1 aromatic carbocycles. The lowest BCUT2D eigenvalue weighted by Gasteiger charge is -2.12. The van der Waals surface area contributed by atoms with E-state index in [1.807, 2.05) is 6.92 Å². The van der Waals surface area contributed by atoms with Crippen LogP contribution in [0.5, 0.6) is 5.75 Å². The Morgan fingerprint density at radius 1 is 1.27 bits per heavy atom. The van der Waals surface area contributed by atoms with Gasteiger partial charge in [-0.15, -0.1) is 23.2 Å². The summed E-state index contributed by atoms with van der Waals surface area (Å²) in [6, 6.07) is 6.89. The molecule has 7 heteroatoms. The van der Waals surface area contributed by atoms with E-state index in [0.717, 1.165) is 0 Å². The number of ether oxygens (including phenoxy) is 2. The Morgan fingerprint density at radius 2 is 1.86 bits per heavy atom. The second kappa shape index (κ2) is 6.34. The van der Waals surface area contributed by atoms with Crippen molar-refractivity contribution < 1.29 is 19.1 Å². The summed E-state index contributed by atoms with van der Waals surface area (Å²) in [5, 5.41) is 2.62. The Labute approximate surface area is 138 Å². The summed E-state index contributed by atoms with van der Waals surface area (Å²) >= 11 is 11.8. The number of hydrogen-bond acceptors (Lipinski definition) is 4. The Balaban J connectivity index is 1.80. The molecule has 1 atom stereocenters. The first-order chi connectivity index (χ1) is 10.3. The first-order valence-electron chi connectivity index (χ1n) is 6.86. The molecular weight excluding hydrogens is 329 g/mol. The number of anilines is 1. The molecule has 1 N–H and O–H groups in total. The van der Waals surface area contributed by atoms with Gasteiger partial charge in [-0.2, -0.15) is 0 Å². The van der Waals surface area contributed by atoms with Gasteiger partial charge in [-0.25, -0.2) is 0 Å². The molecule has 1 amide bonds. The van der Waals surface area contributed by atoms with Crippen LogP contribution in [0.15, 0.2) is 24.3 Å². The van der Waals surface area contributed by atoms with Crippen LogP contribution in [0.2, 0.25) is 0 Å². The van der Waals surface area contributed by atoms with Crippen molar-refractivity contribution in [2.24, 2.45) is 5.41 Å². The molecule has 0 aliphatic heterocycles. The minimum atomic E-state index is -1.10. The molecule has 1 aliphatic rings. The molecule has 22 heavy (non-hydrogen) atoms. The fourth-order valence-corrected chi connectivity index (χ4v) is 2.60. The van der Waals surface area contributed by atoms with E-state index in [1.54, 1.807) is 31.2 Å². The monoisotopic (exact) mass is 345 g/mol. The van der Waals surface area contributed by atoms with Gasteiger partial charge < -0.3 is 14.8 Å². The van der Waals surface area contributed by atoms with Crippen molar-refractivity contribution in [3.05, 3.63) is 24.3 Å². The second-order valence-electron chi connectivity index (χ2n) is 5.30. The molecule has 1 aliphatic carbocycles. The number of alkyl halides is 2. The molecular formula is C15H17Cl2NO4. The molecule has 0 spiro atoms. The SMILES string of the molecule is CCOc1ccc(NC(=O)COC(=O)[C@@]2(C)CC2(Cl)Cl)cc1. The number of amides is 1. The molecule has 1 aromatic rings. The third-order valence-electron chi connectivity index (χ3n) is 3.49. The van der Waals surface area contributed by atoms with Crippen LogP contribution < -0.4 is 10.1 Å². The Kier molecular flexibility index (Phi) is 4.87. The van der Waals surface area contributed by atoms with Crippen molar-refractivity contribution in [3.8, 4) is 5.75 Å². The average molecular weight is 346 g/mol. The van der Waals surface area contributed by atoms with Gasteiger partial charge in [0, 0.05) is 12.1 Å². The van der Waals surface area contributed by atoms with Gasteiger partial charge in [0.15, 0.2) is 6.61 Å². The van der Waals surface area contributed by atoms with Crippen molar-refractivity contribution in [1.82, 2.24) is 0 Å². The van der Waals surface area contributed by atoms with E-state index in [4.69, 9.17) is 32.7 Å². The minimum absolute atomic E-state index is 0.322. The molecule has 0 aromatic heterocycles. The van der Waals surface area contributed by atoms with Crippen LogP contribution in [0.1, 0.15) is 20.3 Å². The minimum Gasteiger partial charge on any atom is -0.494 e. The van der Waals surface area contributed by atoms with Gasteiger partial charge in [-0.3, -0.25) is 9.59 Å². The third kappa shape index (κ3) is 3.65. The highest BCUT2D eigenvalue weighted by Crippen LogP contribution is 2.64. The quantitative estimate of drug-likeness (QED) is 0.635. The maximum Gasteiger partial charge on any atom is 0.315 e. The summed E-state index contributed by atoms with van der Waals surface area (Å²) in [5.74, 6) is -0.287. The molecule has 0 radical (unpaired) electrons. The summed E-state index contributed by atoms with van der Waals surface area (Å²) in [5.41, 5.74) is -0.346. The summed E-state index contributed by atoms with van der Waals surface area (Å²) in [4.78, 5) is 23.6. The van der Waals surface area contributed by atoms with E-state index in [1.165, 1.54) is 0 Å². The maximum absolute atomic E-state index is 11.8. The maximum atomic E-state index is 11.8. The summed E-state index contributed by atoms with van der Waals surface area (Å²) < 4.78 is 9.16. The average Bonchev–Trinajstić information content (AvgIpc) is 2.99. The van der Waals surface area contributed by atoms with E-state index in [2.05, 4.69) is 5.32 Å². The van der Waals surface area contributed by atoms with E-state index >= 15 is 0 Å². The fourth-order valence-electron chi connectivity index (χ4n) is 1.91. The molecule has 0 unspecified atom stereocenters. The van der Waals surface area contributed by atoms with Crippen molar-refractivity contribution in [2.45, 2.75) is 24.6 Å². The molecule has 1 fully saturated rings. The smallest absolute Gasteiger partial charge is 0.315 e. The fraction of sp³-hybridized carbons (Fsp3) is 0.467. The zero-order chi connectivity index (χ0) is 16.4. The number of nitrogens with one attached hydrogen (secondary N) is 1. The lowest BCUT2D eigenvalue weighted by Crippen LogP contribution is -2.26. The topological polar surface area (TPSA) is 64.6 Å². The number of esters is 1. The van der Waals surface area contributed by atoms with Gasteiger partial charge in [0.05, 0.1) is 6.61 Å². The number of carbonyl (C=O) groups excluding carboxylic acids is 2. The Bertz CT molecular complexity index is 573. The molecule has 0 heterocycles. The highest BCUT2D eigenvalue weighted by Gasteiger charge is 2.69. The summed E-state index contributed by atoms with van der Waals surface area (Å²) in [6.45, 7) is 3.69. The van der Waals surface area contributed by atoms with Gasteiger partial charge in [-0.05, 0) is 38.1 Å². The van der Waals surface area contributed by atoms with Crippen LogP contribution in [-0.2, 0) is 14.3 Å². The zero-order valence-corrected chi connectivity index (χ0v) is 13.8. The molecule has 5 nitrogen and oxygen atoms in total. The molecule has 0 bridgehead atoms. The van der Waals surface area contributed by atoms with Crippen molar-refractivity contribution in [1.29, 1.82) is 0 Å². The number of carbonyl (C=O) groups is 2. The van der Waals surface area contributed by atoms with E-state index < -0.39 is 21.6 Å². The summed E-state index contributed by atoms with van der Waals surface area (Å²) in [6.07, 6.45) is 0.322. The standard InChI is InChI=1S/C15H17Cl2NO4/c1-3-21-11-6-4-10(5-7-11)18-12(19)8-22-13(20)14(2)9-15(14,16)17/h4-7H,3,8-9H2,1-2H3,(H,18,19)/t14-/m1/s1.